The van der Waals surface area contributed by atoms with Crippen LogP contribution >= 0.6 is 0 Å². The van der Waals surface area contributed by atoms with Crippen molar-refractivity contribution in [1.29, 1.82) is 0 Å². The summed E-state index contributed by atoms with van der Waals surface area (Å²) in [5.74, 6) is 0.0255. The van der Waals surface area contributed by atoms with Crippen LogP contribution in [0.5, 0.6) is 5.75 Å². The van der Waals surface area contributed by atoms with E-state index in [0.717, 1.165) is 30.0 Å². The summed E-state index contributed by atoms with van der Waals surface area (Å²) in [7, 11) is 1.59. The van der Waals surface area contributed by atoms with Crippen LogP contribution in [0.1, 0.15) is 25.0 Å². The van der Waals surface area contributed by atoms with Crippen molar-refractivity contribution in [3.63, 3.8) is 0 Å². The van der Waals surface area contributed by atoms with E-state index < -0.39 is 0 Å². The maximum Gasteiger partial charge on any atom is 0.278 e. The van der Waals surface area contributed by atoms with Gasteiger partial charge >= 0.3 is 0 Å². The van der Waals surface area contributed by atoms with Crippen LogP contribution < -0.4 is 15.0 Å². The van der Waals surface area contributed by atoms with E-state index in [1.807, 2.05) is 54.6 Å². The van der Waals surface area contributed by atoms with E-state index in [1.54, 1.807) is 31.4 Å². The summed E-state index contributed by atoms with van der Waals surface area (Å²) in [4.78, 5) is 30.5. The number of rotatable bonds is 9. The van der Waals surface area contributed by atoms with Gasteiger partial charge in [-0.15, -0.1) is 0 Å². The van der Waals surface area contributed by atoms with E-state index in [2.05, 4.69) is 24.1 Å². The van der Waals surface area contributed by atoms with Crippen molar-refractivity contribution in [3.8, 4) is 5.75 Å². The molecule has 0 unspecified atom stereocenters. The minimum Gasteiger partial charge on any atom is -0.497 e. The minimum absolute atomic E-state index is 0.213. The number of nitrogens with one attached hydrogen (secondary N) is 1. The second-order valence-corrected chi connectivity index (χ2v) is 8.00. The van der Waals surface area contributed by atoms with Crippen molar-refractivity contribution in [2.75, 3.05) is 30.4 Å². The van der Waals surface area contributed by atoms with E-state index >= 15 is 0 Å². The molecule has 0 saturated heterocycles. The zero-order valence-electron chi connectivity index (χ0n) is 19.7. The fourth-order valence-corrected chi connectivity index (χ4v) is 4.12. The van der Waals surface area contributed by atoms with Crippen LogP contribution in [0.3, 0.4) is 0 Å². The van der Waals surface area contributed by atoms with Gasteiger partial charge in [0.1, 0.15) is 11.4 Å². The van der Waals surface area contributed by atoms with Gasteiger partial charge in [-0.2, -0.15) is 0 Å². The molecule has 3 aromatic carbocycles. The van der Waals surface area contributed by atoms with Gasteiger partial charge in [0.05, 0.1) is 19.2 Å². The van der Waals surface area contributed by atoms with Gasteiger partial charge in [0.2, 0.25) is 0 Å². The first kappa shape index (κ1) is 23.1. The maximum atomic E-state index is 13.5. The number of benzene rings is 3. The molecule has 34 heavy (non-hydrogen) atoms. The zero-order chi connectivity index (χ0) is 24.1. The lowest BCUT2D eigenvalue weighted by atomic mass is 10.0. The average Bonchev–Trinajstić information content (AvgIpc) is 3.10. The number of amides is 2. The maximum absolute atomic E-state index is 13.5. The first-order valence-corrected chi connectivity index (χ1v) is 11.5. The van der Waals surface area contributed by atoms with Crippen molar-refractivity contribution in [1.82, 2.24) is 4.90 Å². The number of ether oxygens (including phenoxy) is 1. The standard InChI is InChI=1S/C28H29N3O3/c1-4-30(5-2)23-15-13-22(14-16-23)29-26-25(21-11-17-24(34-3)18-12-21)27(32)31(28(26)33)19-20-9-7-6-8-10-20/h6-18,29H,4-5,19H2,1-3H3. The molecule has 3 aromatic rings. The Morgan fingerprint density at radius 3 is 2.06 bits per heavy atom. The van der Waals surface area contributed by atoms with Gasteiger partial charge in [-0.05, 0) is 61.4 Å². The molecule has 0 atom stereocenters. The Bertz CT molecular complexity index is 1180. The highest BCUT2D eigenvalue weighted by atomic mass is 16.5. The molecule has 6 heteroatoms. The van der Waals surface area contributed by atoms with Crippen molar-refractivity contribution in [2.24, 2.45) is 0 Å². The number of carbonyl (C=O) groups excluding carboxylic acids is 2. The van der Waals surface area contributed by atoms with Gasteiger partial charge in [-0.25, -0.2) is 0 Å². The molecule has 0 spiro atoms. The van der Waals surface area contributed by atoms with Gasteiger partial charge in [-0.3, -0.25) is 14.5 Å². The van der Waals surface area contributed by atoms with Gasteiger partial charge in [0, 0.05) is 24.5 Å². The Morgan fingerprint density at radius 1 is 0.824 bits per heavy atom. The Balaban J connectivity index is 1.68. The van der Waals surface area contributed by atoms with Gasteiger partial charge in [-0.1, -0.05) is 42.5 Å². The topological polar surface area (TPSA) is 61.9 Å². The van der Waals surface area contributed by atoms with Gasteiger partial charge in [0.15, 0.2) is 0 Å². The Morgan fingerprint density at radius 2 is 1.47 bits per heavy atom. The third-order valence-electron chi connectivity index (χ3n) is 6.00. The van der Waals surface area contributed by atoms with E-state index in [-0.39, 0.29) is 24.1 Å². The molecule has 174 valence electrons. The fraction of sp³-hybridized carbons (Fsp3) is 0.214. The molecule has 0 aromatic heterocycles. The van der Waals surface area contributed by atoms with E-state index in [1.165, 1.54) is 4.90 Å². The predicted molar refractivity (Wildman–Crippen MR) is 136 cm³/mol. The Labute approximate surface area is 200 Å². The number of hydrogen-bond donors (Lipinski definition) is 1. The average molecular weight is 456 g/mol. The number of hydrogen-bond acceptors (Lipinski definition) is 5. The van der Waals surface area contributed by atoms with E-state index in [0.29, 0.717) is 16.9 Å². The molecular weight excluding hydrogens is 426 g/mol. The van der Waals surface area contributed by atoms with Gasteiger partial charge < -0.3 is 15.0 Å². The molecule has 1 aliphatic heterocycles. The molecular formula is C28H29N3O3. The molecule has 2 amide bonds. The summed E-state index contributed by atoms with van der Waals surface area (Å²) >= 11 is 0. The lowest BCUT2D eigenvalue weighted by Gasteiger charge is -2.21. The number of nitrogens with zero attached hydrogens (tertiary/aromatic N) is 2. The molecule has 1 aliphatic rings. The molecule has 0 radical (unpaired) electrons. The summed E-state index contributed by atoms with van der Waals surface area (Å²) in [5, 5.41) is 3.23. The van der Waals surface area contributed by atoms with Crippen molar-refractivity contribution >= 4 is 28.8 Å². The molecule has 0 saturated carbocycles. The minimum atomic E-state index is -0.340. The highest BCUT2D eigenvalue weighted by Crippen LogP contribution is 2.32. The van der Waals surface area contributed by atoms with Crippen LogP contribution in [0.15, 0.2) is 84.6 Å². The van der Waals surface area contributed by atoms with Crippen molar-refractivity contribution in [3.05, 3.63) is 95.7 Å². The Kier molecular flexibility index (Phi) is 6.97. The molecule has 6 nitrogen and oxygen atoms in total. The van der Waals surface area contributed by atoms with E-state index in [9.17, 15) is 9.59 Å². The lowest BCUT2D eigenvalue weighted by molar-refractivity contribution is -0.137. The SMILES string of the molecule is CCN(CC)c1ccc(NC2=C(c3ccc(OC)cc3)C(=O)N(Cc3ccccc3)C2=O)cc1. The third-order valence-corrected chi connectivity index (χ3v) is 6.00. The largest absolute Gasteiger partial charge is 0.497 e. The quantitative estimate of drug-likeness (QED) is 0.464. The van der Waals surface area contributed by atoms with Gasteiger partial charge in [0.25, 0.3) is 11.8 Å². The summed E-state index contributed by atoms with van der Waals surface area (Å²) in [6, 6.07) is 24.6. The molecule has 1 heterocycles. The smallest absolute Gasteiger partial charge is 0.278 e. The fourth-order valence-electron chi connectivity index (χ4n) is 4.12. The van der Waals surface area contributed by atoms with Crippen LogP contribution in [-0.2, 0) is 16.1 Å². The number of methoxy groups -OCH3 is 1. The van der Waals surface area contributed by atoms with Crippen LogP contribution in [0, 0.1) is 0 Å². The van der Waals surface area contributed by atoms with Crippen molar-refractivity contribution in [2.45, 2.75) is 20.4 Å². The number of carbonyl (C=O) groups is 2. The zero-order valence-corrected chi connectivity index (χ0v) is 19.7. The lowest BCUT2D eigenvalue weighted by Crippen LogP contribution is -2.32. The first-order chi connectivity index (χ1) is 16.5. The number of imide groups is 1. The van der Waals surface area contributed by atoms with Crippen LogP contribution in [0.4, 0.5) is 11.4 Å². The number of anilines is 2. The monoisotopic (exact) mass is 455 g/mol. The molecule has 0 fully saturated rings. The van der Waals surface area contributed by atoms with Crippen LogP contribution in [0.2, 0.25) is 0 Å². The predicted octanol–water partition coefficient (Wildman–Crippen LogP) is 4.93. The second kappa shape index (κ2) is 10.3. The van der Waals surface area contributed by atoms with Crippen molar-refractivity contribution < 1.29 is 14.3 Å². The highest BCUT2D eigenvalue weighted by molar-refractivity contribution is 6.36. The molecule has 4 rings (SSSR count). The Hall–Kier alpha value is -4.06. The molecule has 0 bridgehead atoms. The summed E-state index contributed by atoms with van der Waals surface area (Å²) in [6.07, 6.45) is 0. The summed E-state index contributed by atoms with van der Waals surface area (Å²) in [5.41, 5.74) is 4.05. The summed E-state index contributed by atoms with van der Waals surface area (Å²) < 4.78 is 5.25. The second-order valence-electron chi connectivity index (χ2n) is 8.00. The first-order valence-electron chi connectivity index (χ1n) is 11.5. The van der Waals surface area contributed by atoms with E-state index in [4.69, 9.17) is 4.74 Å². The highest BCUT2D eigenvalue weighted by Gasteiger charge is 2.39. The van der Waals surface area contributed by atoms with Crippen LogP contribution in [-0.4, -0.2) is 36.9 Å². The van der Waals surface area contributed by atoms with Crippen LogP contribution in [0.25, 0.3) is 5.57 Å². The normalized spacial score (nSPS) is 13.4. The molecule has 1 N–H and O–H groups in total. The molecule has 0 aliphatic carbocycles. The summed E-state index contributed by atoms with van der Waals surface area (Å²) in [6.45, 7) is 6.27. The third kappa shape index (κ3) is 4.66.